The van der Waals surface area contributed by atoms with E-state index in [4.69, 9.17) is 4.74 Å². The number of nitrogens with zero attached hydrogens (tertiary/aromatic N) is 2. The Morgan fingerprint density at radius 2 is 1.83 bits per heavy atom. The van der Waals surface area contributed by atoms with Crippen LogP contribution in [0.25, 0.3) is 21.3 Å². The zero-order chi connectivity index (χ0) is 20.4. The van der Waals surface area contributed by atoms with E-state index in [2.05, 4.69) is 58.8 Å². The minimum Gasteiger partial charge on any atom is -0.465 e. The standard InChI is InChI=1S/C23H21N3O2S/c1-14(2)15-8-10-16(11-9-15)18-12-29-22-20(18)21(24-13-25-22)26-19-7-5-4-6-17(19)23(27)28-3/h4-14H,1-3H3,(H,24,25,26). The van der Waals surface area contributed by atoms with Crippen molar-refractivity contribution in [3.05, 3.63) is 71.4 Å². The Hall–Kier alpha value is -3.25. The quantitative estimate of drug-likeness (QED) is 0.413. The van der Waals surface area contributed by atoms with Gasteiger partial charge < -0.3 is 10.1 Å². The molecule has 4 rings (SSSR count). The molecule has 0 fully saturated rings. The predicted molar refractivity (Wildman–Crippen MR) is 118 cm³/mol. The highest BCUT2D eigenvalue weighted by Crippen LogP contribution is 2.38. The van der Waals surface area contributed by atoms with E-state index in [0.717, 1.165) is 21.3 Å². The van der Waals surface area contributed by atoms with Gasteiger partial charge in [0.1, 0.15) is 17.0 Å². The molecule has 0 atom stereocenters. The molecule has 146 valence electrons. The molecule has 6 heteroatoms. The number of fused-ring (bicyclic) bond motifs is 1. The van der Waals surface area contributed by atoms with Crippen LogP contribution in [0.4, 0.5) is 11.5 Å². The normalized spacial score (nSPS) is 11.0. The minimum atomic E-state index is -0.395. The third-order valence-corrected chi connectivity index (χ3v) is 5.73. The molecule has 0 aliphatic rings. The Morgan fingerprint density at radius 3 is 2.55 bits per heavy atom. The second-order valence-electron chi connectivity index (χ2n) is 6.99. The summed E-state index contributed by atoms with van der Waals surface area (Å²) in [6.07, 6.45) is 1.54. The van der Waals surface area contributed by atoms with Crippen molar-refractivity contribution in [2.75, 3.05) is 12.4 Å². The average molecular weight is 404 g/mol. The maximum atomic E-state index is 12.1. The Balaban J connectivity index is 1.79. The van der Waals surface area contributed by atoms with E-state index < -0.39 is 5.97 Å². The fraction of sp³-hybridized carbons (Fsp3) is 0.174. The Bertz CT molecular complexity index is 1170. The van der Waals surface area contributed by atoms with Gasteiger partial charge in [-0.25, -0.2) is 14.8 Å². The van der Waals surface area contributed by atoms with E-state index in [-0.39, 0.29) is 0 Å². The molecule has 0 bridgehead atoms. The van der Waals surface area contributed by atoms with E-state index >= 15 is 0 Å². The smallest absolute Gasteiger partial charge is 0.339 e. The first-order chi connectivity index (χ1) is 14.1. The summed E-state index contributed by atoms with van der Waals surface area (Å²) in [6, 6.07) is 15.8. The zero-order valence-corrected chi connectivity index (χ0v) is 17.3. The lowest BCUT2D eigenvalue weighted by molar-refractivity contribution is 0.0602. The number of aromatic nitrogens is 2. The van der Waals surface area contributed by atoms with Crippen molar-refractivity contribution in [1.29, 1.82) is 0 Å². The number of anilines is 2. The summed E-state index contributed by atoms with van der Waals surface area (Å²) in [6.45, 7) is 4.37. The summed E-state index contributed by atoms with van der Waals surface area (Å²) in [5.74, 6) is 0.752. The first-order valence-corrected chi connectivity index (χ1v) is 10.2. The van der Waals surface area contributed by atoms with Crippen molar-refractivity contribution in [2.45, 2.75) is 19.8 Å². The molecule has 0 saturated carbocycles. The third-order valence-electron chi connectivity index (χ3n) is 4.84. The van der Waals surface area contributed by atoms with Crippen LogP contribution in [-0.4, -0.2) is 23.0 Å². The lowest BCUT2D eigenvalue weighted by atomic mass is 9.99. The SMILES string of the molecule is COC(=O)c1ccccc1Nc1ncnc2scc(-c3ccc(C(C)C)cc3)c12. The van der Waals surface area contributed by atoms with Crippen LogP contribution in [0.2, 0.25) is 0 Å². The van der Waals surface area contributed by atoms with Gasteiger partial charge in [0, 0.05) is 10.9 Å². The maximum Gasteiger partial charge on any atom is 0.339 e. The molecule has 0 radical (unpaired) electrons. The van der Waals surface area contributed by atoms with Gasteiger partial charge in [-0.05, 0) is 29.2 Å². The number of nitrogens with one attached hydrogen (secondary N) is 1. The molecular formula is C23H21N3O2S. The number of thiophene rings is 1. The molecule has 0 aliphatic heterocycles. The molecule has 2 aromatic heterocycles. The van der Waals surface area contributed by atoms with Gasteiger partial charge in [0.15, 0.2) is 0 Å². The van der Waals surface area contributed by atoms with E-state index in [0.29, 0.717) is 23.0 Å². The van der Waals surface area contributed by atoms with Gasteiger partial charge in [-0.3, -0.25) is 0 Å². The lowest BCUT2D eigenvalue weighted by Gasteiger charge is -2.12. The Kier molecular flexibility index (Phi) is 5.27. The maximum absolute atomic E-state index is 12.1. The molecule has 0 unspecified atom stereocenters. The van der Waals surface area contributed by atoms with E-state index in [1.807, 2.05) is 12.1 Å². The molecule has 5 nitrogen and oxygen atoms in total. The first kappa shape index (κ1) is 19.1. The van der Waals surface area contributed by atoms with E-state index in [1.54, 1.807) is 23.5 Å². The van der Waals surface area contributed by atoms with Crippen molar-refractivity contribution in [3.8, 4) is 11.1 Å². The molecule has 0 amide bonds. The Morgan fingerprint density at radius 1 is 1.07 bits per heavy atom. The number of carbonyl (C=O) groups excluding carboxylic acids is 1. The van der Waals surface area contributed by atoms with Crippen molar-refractivity contribution in [3.63, 3.8) is 0 Å². The summed E-state index contributed by atoms with van der Waals surface area (Å²) in [4.78, 5) is 21.9. The van der Waals surface area contributed by atoms with Gasteiger partial charge in [-0.15, -0.1) is 11.3 Å². The second kappa shape index (κ2) is 8.01. The number of para-hydroxylation sites is 1. The summed E-state index contributed by atoms with van der Waals surface area (Å²) in [5.41, 5.74) is 4.58. The largest absolute Gasteiger partial charge is 0.465 e. The number of hydrogen-bond donors (Lipinski definition) is 1. The summed E-state index contributed by atoms with van der Waals surface area (Å²) >= 11 is 1.58. The van der Waals surface area contributed by atoms with Gasteiger partial charge in [-0.1, -0.05) is 50.2 Å². The highest BCUT2D eigenvalue weighted by molar-refractivity contribution is 7.17. The summed E-state index contributed by atoms with van der Waals surface area (Å²) in [5, 5.41) is 6.35. The number of rotatable bonds is 5. The third kappa shape index (κ3) is 3.71. The predicted octanol–water partition coefficient (Wildman–Crippen LogP) is 6.01. The monoisotopic (exact) mass is 403 g/mol. The average Bonchev–Trinajstić information content (AvgIpc) is 3.19. The molecule has 1 N–H and O–H groups in total. The van der Waals surface area contributed by atoms with Crippen molar-refractivity contribution in [1.82, 2.24) is 9.97 Å². The molecule has 2 heterocycles. The molecule has 0 saturated heterocycles. The van der Waals surface area contributed by atoms with Crippen LogP contribution in [0, 0.1) is 0 Å². The van der Waals surface area contributed by atoms with E-state index in [9.17, 15) is 4.79 Å². The minimum absolute atomic E-state index is 0.395. The van der Waals surface area contributed by atoms with Crippen molar-refractivity contribution >= 4 is 39.0 Å². The van der Waals surface area contributed by atoms with E-state index in [1.165, 1.54) is 19.0 Å². The second-order valence-corrected chi connectivity index (χ2v) is 7.85. The van der Waals surface area contributed by atoms with Crippen molar-refractivity contribution in [2.24, 2.45) is 0 Å². The molecule has 29 heavy (non-hydrogen) atoms. The number of esters is 1. The number of hydrogen-bond acceptors (Lipinski definition) is 6. The van der Waals surface area contributed by atoms with Gasteiger partial charge in [-0.2, -0.15) is 0 Å². The van der Waals surface area contributed by atoms with Gasteiger partial charge in [0.25, 0.3) is 0 Å². The van der Waals surface area contributed by atoms with Crippen LogP contribution < -0.4 is 5.32 Å². The molecule has 0 spiro atoms. The zero-order valence-electron chi connectivity index (χ0n) is 16.5. The van der Waals surface area contributed by atoms with Crippen LogP contribution in [0.3, 0.4) is 0 Å². The number of benzene rings is 2. The van der Waals surface area contributed by atoms with Crippen molar-refractivity contribution < 1.29 is 9.53 Å². The topological polar surface area (TPSA) is 64.1 Å². The molecule has 4 aromatic rings. The fourth-order valence-corrected chi connectivity index (χ4v) is 4.15. The van der Waals surface area contributed by atoms with Gasteiger partial charge in [0.05, 0.1) is 23.7 Å². The van der Waals surface area contributed by atoms with Gasteiger partial charge >= 0.3 is 5.97 Å². The molecule has 0 aliphatic carbocycles. The number of methoxy groups -OCH3 is 1. The number of ether oxygens (including phenoxy) is 1. The first-order valence-electron chi connectivity index (χ1n) is 9.35. The van der Waals surface area contributed by atoms with Crippen LogP contribution in [0.1, 0.15) is 35.7 Å². The fourth-order valence-electron chi connectivity index (χ4n) is 3.24. The highest BCUT2D eigenvalue weighted by Gasteiger charge is 2.16. The van der Waals surface area contributed by atoms with Crippen LogP contribution in [0.15, 0.2) is 60.2 Å². The van der Waals surface area contributed by atoms with Crippen LogP contribution in [-0.2, 0) is 4.74 Å². The highest BCUT2D eigenvalue weighted by atomic mass is 32.1. The molecular weight excluding hydrogens is 382 g/mol. The Labute approximate surface area is 173 Å². The number of carbonyl (C=O) groups is 1. The lowest BCUT2D eigenvalue weighted by Crippen LogP contribution is -2.06. The van der Waals surface area contributed by atoms with Crippen LogP contribution >= 0.6 is 11.3 Å². The summed E-state index contributed by atoms with van der Waals surface area (Å²) in [7, 11) is 1.37. The van der Waals surface area contributed by atoms with Crippen LogP contribution in [0.5, 0.6) is 0 Å². The summed E-state index contributed by atoms with van der Waals surface area (Å²) < 4.78 is 4.90. The van der Waals surface area contributed by atoms with Gasteiger partial charge in [0.2, 0.25) is 0 Å². The molecule has 2 aromatic carbocycles.